The topological polar surface area (TPSA) is 54.0 Å². The smallest absolute Gasteiger partial charge is 0.285 e. The first kappa shape index (κ1) is 27.1. The largest absolute Gasteiger partial charge is 0.502 e. The lowest BCUT2D eigenvalue weighted by Gasteiger charge is -2.18. The van der Waals surface area contributed by atoms with Crippen molar-refractivity contribution in [2.75, 3.05) is 19.8 Å². The van der Waals surface area contributed by atoms with Crippen LogP contribution >= 0.6 is 7.82 Å². The van der Waals surface area contributed by atoms with Gasteiger partial charge in [0.15, 0.2) is 0 Å². The Balaban J connectivity index is 1.76. The second kappa shape index (κ2) is 20.0. The van der Waals surface area contributed by atoms with Gasteiger partial charge in [-0.3, -0.25) is 9.05 Å². The van der Waals surface area contributed by atoms with Gasteiger partial charge in [-0.25, -0.2) is 9.45 Å². The van der Waals surface area contributed by atoms with Crippen LogP contribution < -0.4 is 0 Å². The van der Waals surface area contributed by atoms with Crippen LogP contribution in [-0.4, -0.2) is 19.8 Å². The normalized spacial score (nSPS) is 17.1. The first-order valence-corrected chi connectivity index (χ1v) is 13.9. The minimum atomic E-state index is -3.50. The second-order valence-electron chi connectivity index (χ2n) is 8.37. The van der Waals surface area contributed by atoms with Gasteiger partial charge >= 0.3 is 7.82 Å². The predicted molar refractivity (Wildman–Crippen MR) is 120 cm³/mol. The molecule has 0 unspecified atom stereocenters. The van der Waals surface area contributed by atoms with Crippen LogP contribution in [0.1, 0.15) is 129 Å². The highest BCUT2D eigenvalue weighted by molar-refractivity contribution is 7.48. The summed E-state index contributed by atoms with van der Waals surface area (Å²) in [6.07, 6.45) is 24.2. The first-order chi connectivity index (χ1) is 14.3. The van der Waals surface area contributed by atoms with E-state index in [1.165, 1.54) is 89.9 Å². The van der Waals surface area contributed by atoms with Gasteiger partial charge in [-0.1, -0.05) is 103 Å². The molecular weight excluding hydrogens is 387 g/mol. The van der Waals surface area contributed by atoms with Crippen LogP contribution in [-0.2, 0) is 23.2 Å². The molecule has 5 nitrogen and oxygen atoms in total. The number of hydrogen-bond acceptors (Lipinski definition) is 5. The molecule has 0 spiro atoms. The van der Waals surface area contributed by atoms with Crippen LogP contribution in [0.5, 0.6) is 0 Å². The molecule has 0 amide bonds. The molecule has 0 bridgehead atoms. The standard InChI is InChI=1S/C23H47O5P/c1-2-3-4-5-6-7-8-9-10-11-12-13-14-15-16-18-21-25-28-29(24)26-22-19-17-20-23-27-29/h2-23H2,1H3. The lowest BCUT2D eigenvalue weighted by molar-refractivity contribution is -0.228. The molecule has 0 saturated carbocycles. The molecule has 0 aromatic carbocycles. The van der Waals surface area contributed by atoms with Crippen molar-refractivity contribution in [3.05, 3.63) is 0 Å². The molecule has 1 saturated heterocycles. The molecule has 1 heterocycles. The summed E-state index contributed by atoms with van der Waals surface area (Å²) >= 11 is 0. The molecule has 0 radical (unpaired) electrons. The van der Waals surface area contributed by atoms with Gasteiger partial charge < -0.3 is 0 Å². The highest BCUT2D eigenvalue weighted by atomic mass is 31.2. The molecular formula is C23H47O5P. The Labute approximate surface area is 180 Å². The van der Waals surface area contributed by atoms with Crippen molar-refractivity contribution in [2.24, 2.45) is 0 Å². The zero-order valence-corrected chi connectivity index (χ0v) is 19.9. The van der Waals surface area contributed by atoms with E-state index >= 15 is 0 Å². The fourth-order valence-electron chi connectivity index (χ4n) is 3.62. The molecule has 6 heteroatoms. The third kappa shape index (κ3) is 17.4. The molecule has 0 aromatic heterocycles. The van der Waals surface area contributed by atoms with Gasteiger partial charge in [-0.2, -0.15) is 0 Å². The Hall–Kier alpha value is 0.0700. The molecule has 0 aliphatic carbocycles. The van der Waals surface area contributed by atoms with Crippen LogP contribution in [0, 0.1) is 0 Å². The summed E-state index contributed by atoms with van der Waals surface area (Å²) in [5, 5.41) is 0. The predicted octanol–water partition coefficient (Wildman–Crippen LogP) is 8.52. The average molecular weight is 435 g/mol. The van der Waals surface area contributed by atoms with Crippen LogP contribution in [0.4, 0.5) is 0 Å². The molecule has 1 aliphatic heterocycles. The Morgan fingerprint density at radius 3 is 1.48 bits per heavy atom. The van der Waals surface area contributed by atoms with E-state index in [1.807, 2.05) is 0 Å². The molecule has 174 valence electrons. The van der Waals surface area contributed by atoms with E-state index in [-0.39, 0.29) is 0 Å². The molecule has 0 aromatic rings. The quantitative estimate of drug-likeness (QED) is 0.0882. The van der Waals surface area contributed by atoms with Gasteiger partial charge in [0, 0.05) is 0 Å². The summed E-state index contributed by atoms with van der Waals surface area (Å²) in [6.45, 7) is 3.52. The molecule has 0 atom stereocenters. The number of phosphoric acid groups is 1. The Morgan fingerprint density at radius 1 is 0.621 bits per heavy atom. The van der Waals surface area contributed by atoms with Crippen molar-refractivity contribution in [1.82, 2.24) is 0 Å². The van der Waals surface area contributed by atoms with Crippen molar-refractivity contribution < 1.29 is 23.2 Å². The zero-order chi connectivity index (χ0) is 20.9. The monoisotopic (exact) mass is 434 g/mol. The molecule has 1 rings (SSSR count). The zero-order valence-electron chi connectivity index (χ0n) is 19.0. The fourth-order valence-corrected chi connectivity index (χ4v) is 4.69. The maximum atomic E-state index is 12.2. The van der Waals surface area contributed by atoms with E-state index in [0.717, 1.165) is 32.1 Å². The summed E-state index contributed by atoms with van der Waals surface area (Å²) < 4.78 is 27.5. The highest BCUT2D eigenvalue weighted by Gasteiger charge is 2.29. The van der Waals surface area contributed by atoms with Crippen LogP contribution in [0.15, 0.2) is 0 Å². The van der Waals surface area contributed by atoms with Crippen LogP contribution in [0.3, 0.4) is 0 Å². The average Bonchev–Trinajstić information content (AvgIpc) is 2.70. The molecule has 29 heavy (non-hydrogen) atoms. The van der Waals surface area contributed by atoms with E-state index < -0.39 is 7.82 Å². The van der Waals surface area contributed by atoms with Crippen molar-refractivity contribution in [1.29, 1.82) is 0 Å². The van der Waals surface area contributed by atoms with E-state index in [1.54, 1.807) is 0 Å². The third-order valence-corrected chi connectivity index (χ3v) is 6.80. The molecule has 0 N–H and O–H groups in total. The SMILES string of the molecule is CCCCCCCCCCCCCCCCCCOOP1(=O)OCCCCCO1. The first-order valence-electron chi connectivity index (χ1n) is 12.5. The van der Waals surface area contributed by atoms with Crippen molar-refractivity contribution in [2.45, 2.75) is 129 Å². The van der Waals surface area contributed by atoms with Gasteiger partial charge in [0.25, 0.3) is 0 Å². The summed E-state index contributed by atoms with van der Waals surface area (Å²) in [5.74, 6) is 0. The minimum Gasteiger partial charge on any atom is -0.285 e. The summed E-state index contributed by atoms with van der Waals surface area (Å²) in [7, 11) is -3.50. The van der Waals surface area contributed by atoms with E-state index in [2.05, 4.69) is 6.92 Å². The van der Waals surface area contributed by atoms with Crippen molar-refractivity contribution in [3.63, 3.8) is 0 Å². The summed E-state index contributed by atoms with van der Waals surface area (Å²) in [5.41, 5.74) is 0. The lowest BCUT2D eigenvalue weighted by atomic mass is 10.0. The Morgan fingerprint density at radius 2 is 1.03 bits per heavy atom. The van der Waals surface area contributed by atoms with Crippen molar-refractivity contribution >= 4 is 7.82 Å². The van der Waals surface area contributed by atoms with Gasteiger partial charge in [0.1, 0.15) is 0 Å². The van der Waals surface area contributed by atoms with Gasteiger partial charge in [0.2, 0.25) is 0 Å². The number of rotatable bonds is 19. The minimum absolute atomic E-state index is 0.402. The number of unbranched alkanes of at least 4 members (excludes halogenated alkanes) is 15. The van der Waals surface area contributed by atoms with Gasteiger partial charge in [0.05, 0.1) is 19.8 Å². The Kier molecular flexibility index (Phi) is 18.7. The Bertz CT molecular complexity index is 379. The maximum absolute atomic E-state index is 12.2. The van der Waals surface area contributed by atoms with Gasteiger partial charge in [-0.15, -0.1) is 4.67 Å². The van der Waals surface area contributed by atoms with Crippen molar-refractivity contribution in [3.8, 4) is 0 Å². The van der Waals surface area contributed by atoms with Crippen LogP contribution in [0.2, 0.25) is 0 Å². The lowest BCUT2D eigenvalue weighted by Crippen LogP contribution is -2.07. The van der Waals surface area contributed by atoms with E-state index in [9.17, 15) is 4.57 Å². The van der Waals surface area contributed by atoms with Gasteiger partial charge in [-0.05, 0) is 25.7 Å². The number of hydrogen-bond donors (Lipinski definition) is 0. The van der Waals surface area contributed by atoms with E-state index in [4.69, 9.17) is 18.6 Å². The number of phosphoric ester groups is 1. The van der Waals surface area contributed by atoms with E-state index in [0.29, 0.717) is 19.8 Å². The molecule has 1 aliphatic rings. The fraction of sp³-hybridized carbons (Fsp3) is 1.00. The van der Waals surface area contributed by atoms with Crippen LogP contribution in [0.25, 0.3) is 0 Å². The summed E-state index contributed by atoms with van der Waals surface area (Å²) in [6, 6.07) is 0. The highest BCUT2D eigenvalue weighted by Crippen LogP contribution is 2.50. The second-order valence-corrected chi connectivity index (χ2v) is 9.93. The maximum Gasteiger partial charge on any atom is 0.502 e. The summed E-state index contributed by atoms with van der Waals surface area (Å²) in [4.78, 5) is 5.08. The third-order valence-electron chi connectivity index (χ3n) is 5.51. The molecule has 1 fully saturated rings.